The lowest BCUT2D eigenvalue weighted by Gasteiger charge is -2.40. The Morgan fingerprint density at radius 3 is 2.56 bits per heavy atom. The molecule has 0 aromatic carbocycles. The van der Waals surface area contributed by atoms with Crippen LogP contribution in [0.15, 0.2) is 0 Å². The number of rotatable bonds is 5. The highest BCUT2D eigenvalue weighted by Crippen LogP contribution is 2.38. The number of likely N-dealkylation sites (N-methyl/N-ethyl adjacent to an activating group) is 1. The minimum absolute atomic E-state index is 0.486. The average Bonchev–Trinajstić information content (AvgIpc) is 2.41. The molecule has 106 valence electrons. The fourth-order valence-electron chi connectivity index (χ4n) is 3.57. The van der Waals surface area contributed by atoms with Gasteiger partial charge in [0, 0.05) is 25.0 Å². The van der Waals surface area contributed by atoms with Crippen LogP contribution in [0.4, 0.5) is 0 Å². The van der Waals surface area contributed by atoms with Gasteiger partial charge in [0.2, 0.25) is 0 Å². The Hall–Kier alpha value is 0.400. The highest BCUT2D eigenvalue weighted by molar-refractivity contribution is 9.09. The molecule has 0 aromatic heterocycles. The standard InChI is InChI=1S/C15H28BrNO/c1-17(11-14-7-3-6-10-18-14)13-15(12-16)8-4-2-5-9-15/h14H,2-13H2,1H3. The summed E-state index contributed by atoms with van der Waals surface area (Å²) in [4.78, 5) is 2.52. The SMILES string of the molecule is CN(CC1CCCCO1)CC1(CBr)CCCCC1. The molecule has 0 aromatic rings. The quantitative estimate of drug-likeness (QED) is 0.714. The summed E-state index contributed by atoms with van der Waals surface area (Å²) in [5.41, 5.74) is 0.529. The lowest BCUT2D eigenvalue weighted by atomic mass is 9.75. The van der Waals surface area contributed by atoms with Crippen LogP contribution in [0.25, 0.3) is 0 Å². The lowest BCUT2D eigenvalue weighted by molar-refractivity contribution is -0.00869. The van der Waals surface area contributed by atoms with Crippen molar-refractivity contribution in [3.63, 3.8) is 0 Å². The van der Waals surface area contributed by atoms with Crippen LogP contribution >= 0.6 is 15.9 Å². The normalized spacial score (nSPS) is 28.5. The Morgan fingerprint density at radius 2 is 1.94 bits per heavy atom. The van der Waals surface area contributed by atoms with Crippen molar-refractivity contribution < 1.29 is 4.74 Å². The Labute approximate surface area is 121 Å². The molecule has 1 saturated carbocycles. The molecule has 0 bridgehead atoms. The molecule has 0 spiro atoms. The highest BCUT2D eigenvalue weighted by atomic mass is 79.9. The summed E-state index contributed by atoms with van der Waals surface area (Å²) in [7, 11) is 2.27. The van der Waals surface area contributed by atoms with Crippen LogP contribution in [0.1, 0.15) is 51.4 Å². The minimum Gasteiger partial charge on any atom is -0.377 e. The number of alkyl halides is 1. The summed E-state index contributed by atoms with van der Waals surface area (Å²) in [5.74, 6) is 0. The maximum Gasteiger partial charge on any atom is 0.0701 e. The van der Waals surface area contributed by atoms with Gasteiger partial charge in [0.05, 0.1) is 6.10 Å². The molecule has 3 heteroatoms. The first kappa shape index (κ1) is 14.8. The highest BCUT2D eigenvalue weighted by Gasteiger charge is 2.32. The van der Waals surface area contributed by atoms with Gasteiger partial charge in [-0.3, -0.25) is 0 Å². The third-order valence-corrected chi connectivity index (χ3v) is 5.78. The third-order valence-electron chi connectivity index (χ3n) is 4.59. The molecule has 2 fully saturated rings. The van der Waals surface area contributed by atoms with Gasteiger partial charge >= 0.3 is 0 Å². The Balaban J connectivity index is 1.78. The second-order valence-corrected chi connectivity index (χ2v) is 6.94. The van der Waals surface area contributed by atoms with Crippen molar-refractivity contribution in [2.24, 2.45) is 5.41 Å². The Morgan fingerprint density at radius 1 is 1.17 bits per heavy atom. The van der Waals surface area contributed by atoms with Crippen molar-refractivity contribution in [2.45, 2.75) is 57.5 Å². The number of hydrogen-bond donors (Lipinski definition) is 0. The van der Waals surface area contributed by atoms with Crippen molar-refractivity contribution in [2.75, 3.05) is 32.1 Å². The van der Waals surface area contributed by atoms with Crippen LogP contribution in [0.5, 0.6) is 0 Å². The van der Waals surface area contributed by atoms with E-state index in [0.29, 0.717) is 11.5 Å². The van der Waals surface area contributed by atoms with Crippen molar-refractivity contribution in [1.82, 2.24) is 4.90 Å². The van der Waals surface area contributed by atoms with Crippen molar-refractivity contribution in [3.05, 3.63) is 0 Å². The smallest absolute Gasteiger partial charge is 0.0701 e. The molecule has 2 rings (SSSR count). The molecule has 1 aliphatic carbocycles. The molecular formula is C15H28BrNO. The van der Waals surface area contributed by atoms with Crippen LogP contribution < -0.4 is 0 Å². The maximum absolute atomic E-state index is 5.85. The van der Waals surface area contributed by atoms with Crippen LogP contribution in [0.2, 0.25) is 0 Å². The summed E-state index contributed by atoms with van der Waals surface area (Å²) in [5, 5.41) is 1.16. The van der Waals surface area contributed by atoms with Gasteiger partial charge in [-0.2, -0.15) is 0 Å². The van der Waals surface area contributed by atoms with E-state index in [1.165, 1.54) is 57.9 Å². The second-order valence-electron chi connectivity index (χ2n) is 6.38. The van der Waals surface area contributed by atoms with Gasteiger partial charge < -0.3 is 9.64 Å². The van der Waals surface area contributed by atoms with Gasteiger partial charge in [0.1, 0.15) is 0 Å². The Bertz CT molecular complexity index is 235. The molecule has 1 saturated heterocycles. The largest absolute Gasteiger partial charge is 0.377 e. The summed E-state index contributed by atoms with van der Waals surface area (Å²) in [6, 6.07) is 0. The average molecular weight is 318 g/mol. The van der Waals surface area contributed by atoms with E-state index in [4.69, 9.17) is 4.74 Å². The van der Waals surface area contributed by atoms with Crippen molar-refractivity contribution in [3.8, 4) is 0 Å². The summed E-state index contributed by atoms with van der Waals surface area (Å²) in [6.07, 6.45) is 11.4. The first-order valence-corrected chi connectivity index (χ1v) is 8.72. The van der Waals surface area contributed by atoms with Gasteiger partial charge in [0.15, 0.2) is 0 Å². The summed E-state index contributed by atoms with van der Waals surface area (Å²) < 4.78 is 5.85. The van der Waals surface area contributed by atoms with E-state index in [1.54, 1.807) is 0 Å². The molecular weight excluding hydrogens is 290 g/mol. The number of ether oxygens (including phenoxy) is 1. The zero-order valence-electron chi connectivity index (χ0n) is 11.8. The van der Waals surface area contributed by atoms with Crippen LogP contribution in [-0.2, 0) is 4.74 Å². The van der Waals surface area contributed by atoms with Crippen molar-refractivity contribution in [1.29, 1.82) is 0 Å². The monoisotopic (exact) mass is 317 g/mol. The molecule has 1 heterocycles. The molecule has 0 amide bonds. The molecule has 2 nitrogen and oxygen atoms in total. The fraction of sp³-hybridized carbons (Fsp3) is 1.00. The van der Waals surface area contributed by atoms with E-state index in [-0.39, 0.29) is 0 Å². The van der Waals surface area contributed by atoms with Gasteiger partial charge in [-0.1, -0.05) is 35.2 Å². The topological polar surface area (TPSA) is 12.5 Å². The molecule has 2 aliphatic rings. The van der Waals surface area contributed by atoms with Crippen LogP contribution in [0, 0.1) is 5.41 Å². The van der Waals surface area contributed by atoms with E-state index in [9.17, 15) is 0 Å². The maximum atomic E-state index is 5.85. The minimum atomic E-state index is 0.486. The molecule has 1 unspecified atom stereocenters. The lowest BCUT2D eigenvalue weighted by Crippen LogP contribution is -2.42. The summed E-state index contributed by atoms with van der Waals surface area (Å²) in [6.45, 7) is 3.33. The summed E-state index contributed by atoms with van der Waals surface area (Å²) >= 11 is 3.76. The van der Waals surface area contributed by atoms with Crippen LogP contribution in [0.3, 0.4) is 0 Å². The number of halogens is 1. The van der Waals surface area contributed by atoms with Gasteiger partial charge in [-0.25, -0.2) is 0 Å². The van der Waals surface area contributed by atoms with Crippen molar-refractivity contribution >= 4 is 15.9 Å². The molecule has 1 atom stereocenters. The van der Waals surface area contributed by atoms with Gasteiger partial charge in [-0.05, 0) is 44.6 Å². The first-order chi connectivity index (χ1) is 8.74. The molecule has 0 N–H and O–H groups in total. The van der Waals surface area contributed by atoms with E-state index >= 15 is 0 Å². The van der Waals surface area contributed by atoms with Crippen LogP contribution in [-0.4, -0.2) is 43.1 Å². The Kier molecular flexibility index (Phi) is 5.96. The molecule has 1 aliphatic heterocycles. The zero-order valence-corrected chi connectivity index (χ0v) is 13.4. The third kappa shape index (κ3) is 4.21. The predicted octanol–water partition coefficient (Wildman–Crippen LogP) is 3.83. The second kappa shape index (κ2) is 7.25. The molecule has 0 radical (unpaired) electrons. The fourth-order valence-corrected chi connectivity index (χ4v) is 4.31. The predicted molar refractivity (Wildman–Crippen MR) is 80.4 cm³/mol. The van der Waals surface area contributed by atoms with E-state index in [2.05, 4.69) is 27.9 Å². The van der Waals surface area contributed by atoms with E-state index < -0.39 is 0 Å². The molecule has 18 heavy (non-hydrogen) atoms. The first-order valence-electron chi connectivity index (χ1n) is 7.60. The van der Waals surface area contributed by atoms with Gasteiger partial charge in [0.25, 0.3) is 0 Å². The number of nitrogens with zero attached hydrogens (tertiary/aromatic N) is 1. The van der Waals surface area contributed by atoms with Gasteiger partial charge in [-0.15, -0.1) is 0 Å². The zero-order chi connectivity index (χ0) is 12.8. The number of hydrogen-bond acceptors (Lipinski definition) is 2. The van der Waals surface area contributed by atoms with E-state index in [0.717, 1.165) is 18.5 Å². The van der Waals surface area contributed by atoms with E-state index in [1.807, 2.05) is 0 Å².